The zero-order chi connectivity index (χ0) is 14.2. The molecule has 0 radical (unpaired) electrons. The van der Waals surface area contributed by atoms with Crippen LogP contribution in [-0.2, 0) is 6.54 Å². The lowest BCUT2D eigenvalue weighted by molar-refractivity contribution is -0.166. The van der Waals surface area contributed by atoms with Crippen molar-refractivity contribution in [2.45, 2.75) is 31.1 Å². The molecule has 0 aliphatic heterocycles. The molecule has 1 fully saturated rings. The van der Waals surface area contributed by atoms with Crippen molar-refractivity contribution < 1.29 is 13.2 Å². The van der Waals surface area contributed by atoms with E-state index >= 15 is 0 Å². The van der Waals surface area contributed by atoms with Crippen LogP contribution in [-0.4, -0.2) is 16.7 Å². The van der Waals surface area contributed by atoms with Gasteiger partial charge in [0.1, 0.15) is 10.5 Å². The Labute approximate surface area is 118 Å². The molecule has 1 aromatic carbocycles. The summed E-state index contributed by atoms with van der Waals surface area (Å²) in [5.74, 6) is 0. The highest BCUT2D eigenvalue weighted by Crippen LogP contribution is 2.49. The first kappa shape index (κ1) is 13.6. The summed E-state index contributed by atoms with van der Waals surface area (Å²) in [7, 11) is 0. The van der Waals surface area contributed by atoms with E-state index in [1.165, 1.54) is 11.3 Å². The molecule has 1 aliphatic carbocycles. The second kappa shape index (κ2) is 4.86. The number of thiazole rings is 1. The largest absolute Gasteiger partial charge is 0.406 e. The van der Waals surface area contributed by atoms with Gasteiger partial charge in [0.05, 0.1) is 5.69 Å². The number of nitrogens with one attached hydrogen (secondary N) is 1. The summed E-state index contributed by atoms with van der Waals surface area (Å²) in [5, 5.41) is 5.17. The first-order chi connectivity index (χ1) is 9.50. The molecule has 0 bridgehead atoms. The Hall–Kier alpha value is -1.40. The molecule has 0 saturated heterocycles. The Morgan fingerprint density at radius 1 is 1.20 bits per heavy atom. The van der Waals surface area contributed by atoms with Gasteiger partial charge in [0, 0.05) is 17.5 Å². The SMILES string of the molecule is FC(F)(F)C1(NCc2nc(-c3ccccc3)cs2)CC1. The molecular weight excluding hydrogens is 285 g/mol. The maximum absolute atomic E-state index is 12.8. The third-order valence-corrected chi connectivity index (χ3v) is 4.34. The fraction of sp³-hybridized carbons (Fsp3) is 0.357. The van der Waals surface area contributed by atoms with Crippen LogP contribution in [0.4, 0.5) is 13.2 Å². The third kappa shape index (κ3) is 2.58. The average molecular weight is 298 g/mol. The van der Waals surface area contributed by atoms with Crippen molar-refractivity contribution >= 4 is 11.3 Å². The van der Waals surface area contributed by atoms with Crippen LogP contribution in [0.15, 0.2) is 35.7 Å². The highest BCUT2D eigenvalue weighted by Gasteiger charge is 2.63. The molecule has 1 aromatic heterocycles. The van der Waals surface area contributed by atoms with Gasteiger partial charge in [0.25, 0.3) is 0 Å². The summed E-state index contributed by atoms with van der Waals surface area (Å²) in [6, 6.07) is 9.61. The normalized spacial score (nSPS) is 17.1. The van der Waals surface area contributed by atoms with Crippen LogP contribution >= 0.6 is 11.3 Å². The number of alkyl halides is 3. The Bertz CT molecular complexity index is 588. The second-order valence-electron chi connectivity index (χ2n) is 4.93. The van der Waals surface area contributed by atoms with E-state index in [0.717, 1.165) is 11.3 Å². The summed E-state index contributed by atoms with van der Waals surface area (Å²) in [4.78, 5) is 4.38. The lowest BCUT2D eigenvalue weighted by Crippen LogP contribution is -2.44. The van der Waals surface area contributed by atoms with Crippen molar-refractivity contribution in [1.82, 2.24) is 10.3 Å². The number of hydrogen-bond acceptors (Lipinski definition) is 3. The molecule has 1 aliphatic rings. The number of halogens is 3. The Balaban J connectivity index is 1.67. The topological polar surface area (TPSA) is 24.9 Å². The molecular formula is C14H13F3N2S. The predicted octanol–water partition coefficient (Wildman–Crippen LogP) is 3.99. The third-order valence-electron chi connectivity index (χ3n) is 3.49. The van der Waals surface area contributed by atoms with Crippen molar-refractivity contribution in [1.29, 1.82) is 0 Å². The summed E-state index contributed by atoms with van der Waals surface area (Å²) in [5.41, 5.74) is 0.113. The molecule has 2 aromatic rings. The Morgan fingerprint density at radius 2 is 1.90 bits per heavy atom. The smallest absolute Gasteiger partial charge is 0.297 e. The van der Waals surface area contributed by atoms with E-state index in [2.05, 4.69) is 10.3 Å². The van der Waals surface area contributed by atoms with Crippen LogP contribution < -0.4 is 5.32 Å². The van der Waals surface area contributed by atoms with Gasteiger partial charge in [0.15, 0.2) is 0 Å². The van der Waals surface area contributed by atoms with Crippen LogP contribution in [0.1, 0.15) is 17.8 Å². The summed E-state index contributed by atoms with van der Waals surface area (Å²) < 4.78 is 38.4. The summed E-state index contributed by atoms with van der Waals surface area (Å²) in [6.07, 6.45) is -3.85. The molecule has 1 saturated carbocycles. The molecule has 20 heavy (non-hydrogen) atoms. The summed E-state index contributed by atoms with van der Waals surface area (Å²) >= 11 is 1.38. The highest BCUT2D eigenvalue weighted by atomic mass is 32.1. The maximum Gasteiger partial charge on any atom is 0.406 e. The Morgan fingerprint density at radius 3 is 2.50 bits per heavy atom. The quantitative estimate of drug-likeness (QED) is 0.923. The number of hydrogen-bond donors (Lipinski definition) is 1. The molecule has 0 atom stereocenters. The standard InChI is InChI=1S/C14H13F3N2S/c15-14(16,17)13(6-7-13)18-8-12-19-11(9-20-12)10-4-2-1-3-5-10/h1-5,9,18H,6-8H2. The van der Waals surface area contributed by atoms with Gasteiger partial charge in [-0.15, -0.1) is 11.3 Å². The number of benzene rings is 1. The van der Waals surface area contributed by atoms with E-state index in [0.29, 0.717) is 5.01 Å². The van der Waals surface area contributed by atoms with Crippen molar-refractivity contribution in [2.24, 2.45) is 0 Å². The van der Waals surface area contributed by atoms with E-state index in [1.54, 1.807) is 0 Å². The molecule has 106 valence electrons. The highest BCUT2D eigenvalue weighted by molar-refractivity contribution is 7.09. The van der Waals surface area contributed by atoms with Crippen LogP contribution in [0.3, 0.4) is 0 Å². The van der Waals surface area contributed by atoms with Gasteiger partial charge in [-0.25, -0.2) is 4.98 Å². The van der Waals surface area contributed by atoms with E-state index in [-0.39, 0.29) is 19.4 Å². The van der Waals surface area contributed by atoms with Crippen molar-refractivity contribution in [3.63, 3.8) is 0 Å². The lowest BCUT2D eigenvalue weighted by atomic mass is 10.2. The van der Waals surface area contributed by atoms with Gasteiger partial charge < -0.3 is 0 Å². The molecule has 6 heteroatoms. The van der Waals surface area contributed by atoms with E-state index in [4.69, 9.17) is 0 Å². The van der Waals surface area contributed by atoms with Crippen LogP contribution in [0.5, 0.6) is 0 Å². The Kier molecular flexibility index (Phi) is 3.30. The van der Waals surface area contributed by atoms with Crippen LogP contribution in [0.2, 0.25) is 0 Å². The monoisotopic (exact) mass is 298 g/mol. The van der Waals surface area contributed by atoms with Crippen molar-refractivity contribution in [2.75, 3.05) is 0 Å². The maximum atomic E-state index is 12.8. The fourth-order valence-electron chi connectivity index (χ4n) is 2.06. The lowest BCUT2D eigenvalue weighted by Gasteiger charge is -2.19. The first-order valence-corrected chi connectivity index (χ1v) is 7.20. The molecule has 2 nitrogen and oxygen atoms in total. The number of nitrogens with zero attached hydrogens (tertiary/aromatic N) is 1. The van der Waals surface area contributed by atoms with Gasteiger partial charge in [-0.2, -0.15) is 13.2 Å². The minimum atomic E-state index is -4.17. The zero-order valence-electron chi connectivity index (χ0n) is 10.6. The van der Waals surface area contributed by atoms with Crippen molar-refractivity contribution in [3.8, 4) is 11.3 Å². The molecule has 1 heterocycles. The zero-order valence-corrected chi connectivity index (χ0v) is 11.4. The average Bonchev–Trinajstić information content (AvgIpc) is 3.09. The second-order valence-corrected chi connectivity index (χ2v) is 5.87. The van der Waals surface area contributed by atoms with Gasteiger partial charge in [-0.1, -0.05) is 30.3 Å². The minimum Gasteiger partial charge on any atom is -0.297 e. The first-order valence-electron chi connectivity index (χ1n) is 6.32. The summed E-state index contributed by atoms with van der Waals surface area (Å²) in [6.45, 7) is 0.164. The van der Waals surface area contributed by atoms with E-state index in [1.807, 2.05) is 35.7 Å². The van der Waals surface area contributed by atoms with Gasteiger partial charge in [0.2, 0.25) is 0 Å². The number of aromatic nitrogens is 1. The van der Waals surface area contributed by atoms with E-state index < -0.39 is 11.7 Å². The molecule has 0 unspecified atom stereocenters. The molecule has 3 rings (SSSR count). The minimum absolute atomic E-state index is 0.160. The van der Waals surface area contributed by atoms with Crippen LogP contribution in [0, 0.1) is 0 Å². The van der Waals surface area contributed by atoms with Crippen molar-refractivity contribution in [3.05, 3.63) is 40.7 Å². The number of rotatable bonds is 4. The molecule has 0 amide bonds. The van der Waals surface area contributed by atoms with Gasteiger partial charge >= 0.3 is 6.18 Å². The van der Waals surface area contributed by atoms with Crippen LogP contribution in [0.25, 0.3) is 11.3 Å². The molecule has 1 N–H and O–H groups in total. The van der Waals surface area contributed by atoms with E-state index in [9.17, 15) is 13.2 Å². The fourth-order valence-corrected chi connectivity index (χ4v) is 2.81. The molecule has 0 spiro atoms. The van der Waals surface area contributed by atoms with Gasteiger partial charge in [-0.3, -0.25) is 5.32 Å². The van der Waals surface area contributed by atoms with Gasteiger partial charge in [-0.05, 0) is 12.8 Å². The predicted molar refractivity (Wildman–Crippen MR) is 72.4 cm³/mol.